The van der Waals surface area contributed by atoms with Crippen LogP contribution in [0.3, 0.4) is 0 Å². The zero-order valence-electron chi connectivity index (χ0n) is 17.6. The number of aromatic nitrogens is 2. The van der Waals surface area contributed by atoms with E-state index in [2.05, 4.69) is 39.3 Å². The van der Waals surface area contributed by atoms with E-state index in [1.165, 1.54) is 35.7 Å². The average molecular weight is 409 g/mol. The van der Waals surface area contributed by atoms with Gasteiger partial charge >= 0.3 is 0 Å². The van der Waals surface area contributed by atoms with Crippen LogP contribution in [0.25, 0.3) is 16.8 Å². The number of hydrogen-bond acceptors (Lipinski definition) is 6. The van der Waals surface area contributed by atoms with E-state index < -0.39 is 0 Å². The van der Waals surface area contributed by atoms with E-state index in [9.17, 15) is 0 Å². The number of nitrogens with one attached hydrogen (secondary N) is 3. The second-order valence-corrected chi connectivity index (χ2v) is 7.56. The van der Waals surface area contributed by atoms with Gasteiger partial charge in [-0.1, -0.05) is 24.3 Å². The monoisotopic (exact) mass is 408 g/mol. The van der Waals surface area contributed by atoms with Crippen LogP contribution in [0.2, 0.25) is 0 Å². The highest BCUT2D eigenvalue weighted by Crippen LogP contribution is 2.32. The van der Waals surface area contributed by atoms with Crippen molar-refractivity contribution in [1.29, 1.82) is 5.41 Å². The van der Waals surface area contributed by atoms with E-state index in [-0.39, 0.29) is 0 Å². The molecule has 0 saturated carbocycles. The summed E-state index contributed by atoms with van der Waals surface area (Å²) >= 11 is 0. The Balaban J connectivity index is 0.00000124. The van der Waals surface area contributed by atoms with Crippen LogP contribution in [0.4, 0.5) is 0 Å². The van der Waals surface area contributed by atoms with Crippen LogP contribution in [0.15, 0.2) is 36.4 Å². The highest BCUT2D eigenvalue weighted by atomic mass is 16.4. The van der Waals surface area contributed by atoms with Crippen molar-refractivity contribution < 1.29 is 5.21 Å². The zero-order chi connectivity index (χ0) is 21.3. The first-order valence-corrected chi connectivity index (χ1v) is 10.5. The van der Waals surface area contributed by atoms with Crippen molar-refractivity contribution in [3.05, 3.63) is 59.1 Å². The van der Waals surface area contributed by atoms with Crippen molar-refractivity contribution in [2.75, 3.05) is 26.2 Å². The minimum atomic E-state index is 0.827. The number of aryl methyl sites for hydroxylation is 2. The van der Waals surface area contributed by atoms with Gasteiger partial charge in [-0.25, -0.2) is 10.9 Å². The smallest absolute Gasteiger partial charge is 0.121 e. The maximum Gasteiger partial charge on any atom is 0.121 e. The summed E-state index contributed by atoms with van der Waals surface area (Å²) in [4.78, 5) is 11.0. The molecule has 30 heavy (non-hydrogen) atoms. The Hall–Kier alpha value is -2.58. The maximum absolute atomic E-state index is 7.56. The fraction of sp³-hybridized carbons (Fsp3) is 0.391. The third-order valence-electron chi connectivity index (χ3n) is 5.61. The molecule has 1 aliphatic heterocycles. The van der Waals surface area contributed by atoms with Crippen molar-refractivity contribution in [2.24, 2.45) is 5.90 Å². The van der Waals surface area contributed by atoms with Crippen LogP contribution in [-0.4, -0.2) is 52.5 Å². The number of rotatable bonds is 6. The van der Waals surface area contributed by atoms with Crippen LogP contribution in [0.5, 0.6) is 0 Å². The highest BCUT2D eigenvalue weighted by Gasteiger charge is 2.19. The topological polar surface area (TPSA) is 114 Å². The molecule has 0 amide bonds. The quantitative estimate of drug-likeness (QED) is 0.286. The first-order valence-electron chi connectivity index (χ1n) is 10.5. The average Bonchev–Trinajstić information content (AvgIpc) is 3.42. The number of imidazole rings is 1. The molecule has 2 aliphatic rings. The number of aromatic amines is 1. The van der Waals surface area contributed by atoms with Crippen molar-refractivity contribution in [3.63, 3.8) is 0 Å². The summed E-state index contributed by atoms with van der Waals surface area (Å²) < 4.78 is 0. The lowest BCUT2D eigenvalue weighted by atomic mass is 10.0. The zero-order valence-corrected chi connectivity index (χ0v) is 17.6. The van der Waals surface area contributed by atoms with E-state index in [0.29, 0.717) is 0 Å². The fourth-order valence-corrected chi connectivity index (χ4v) is 4.21. The molecule has 1 fully saturated rings. The number of H-pyrrole nitrogens is 1. The number of hydrogen-bond donors (Lipinski definition) is 5. The molecule has 0 radical (unpaired) electrons. The van der Waals surface area contributed by atoms with Gasteiger partial charge in [0.15, 0.2) is 0 Å². The van der Waals surface area contributed by atoms with Gasteiger partial charge in [-0.3, -0.25) is 4.90 Å². The summed E-state index contributed by atoms with van der Waals surface area (Å²) in [5, 5.41) is 17.5. The molecule has 2 aromatic rings. The molecule has 1 aromatic carbocycles. The van der Waals surface area contributed by atoms with Gasteiger partial charge in [-0.2, -0.15) is 0 Å². The number of nitrogens with zero attached hydrogens (tertiary/aromatic N) is 2. The summed E-state index contributed by atoms with van der Waals surface area (Å²) in [5.74, 6) is 4.49. The van der Waals surface area contributed by atoms with Crippen molar-refractivity contribution in [3.8, 4) is 11.3 Å². The Bertz CT molecular complexity index is 908. The van der Waals surface area contributed by atoms with Crippen molar-refractivity contribution in [2.45, 2.75) is 32.7 Å². The number of nitrogens with two attached hydrogens (primary N) is 1. The lowest BCUT2D eigenvalue weighted by molar-refractivity contribution is 0.228. The lowest BCUT2D eigenvalue weighted by Crippen LogP contribution is -2.43. The molecule has 6 N–H and O–H groups in total. The number of fused-ring (bicyclic) bond motifs is 1. The Morgan fingerprint density at radius 2 is 2.00 bits per heavy atom. The van der Waals surface area contributed by atoms with Gasteiger partial charge < -0.3 is 20.9 Å². The summed E-state index contributed by atoms with van der Waals surface area (Å²) in [5.41, 5.74) is 7.09. The molecular weight excluding hydrogens is 376 g/mol. The molecule has 2 heterocycles. The molecule has 0 spiro atoms. The SMILES string of the molecule is C/C=C\C(=C/C=N)c1[nH]c(CN2CCNCC2)nc1-c1ccc2c(c1)CCC2.NO. The van der Waals surface area contributed by atoms with Crippen molar-refractivity contribution in [1.82, 2.24) is 20.2 Å². The van der Waals surface area contributed by atoms with Crippen LogP contribution in [-0.2, 0) is 19.4 Å². The van der Waals surface area contributed by atoms with E-state index in [1.807, 2.05) is 25.2 Å². The fourth-order valence-electron chi connectivity index (χ4n) is 4.21. The lowest BCUT2D eigenvalue weighted by Gasteiger charge is -2.26. The molecule has 7 heteroatoms. The summed E-state index contributed by atoms with van der Waals surface area (Å²) in [6, 6.07) is 6.78. The molecule has 160 valence electrons. The van der Waals surface area contributed by atoms with E-state index in [0.717, 1.165) is 61.9 Å². The second kappa shape index (κ2) is 11.0. The third-order valence-corrected chi connectivity index (χ3v) is 5.61. The summed E-state index contributed by atoms with van der Waals surface area (Å²) in [6.07, 6.45) is 10.8. The molecule has 0 bridgehead atoms. The Labute approximate surface area is 178 Å². The Kier molecular flexibility index (Phi) is 8.10. The van der Waals surface area contributed by atoms with Gasteiger partial charge in [0.2, 0.25) is 0 Å². The van der Waals surface area contributed by atoms with Gasteiger partial charge in [-0.15, -0.1) is 0 Å². The van der Waals surface area contributed by atoms with E-state index in [4.69, 9.17) is 15.6 Å². The first kappa shape index (κ1) is 22.1. The van der Waals surface area contributed by atoms with Crippen LogP contribution in [0, 0.1) is 5.41 Å². The number of piperazine rings is 1. The van der Waals surface area contributed by atoms with E-state index in [1.54, 1.807) is 0 Å². The van der Waals surface area contributed by atoms with Crippen LogP contribution >= 0.6 is 0 Å². The summed E-state index contributed by atoms with van der Waals surface area (Å²) in [6.45, 7) is 6.98. The van der Waals surface area contributed by atoms with Gasteiger partial charge in [0.1, 0.15) is 5.82 Å². The molecular formula is C23H32N6O. The second-order valence-electron chi connectivity index (χ2n) is 7.56. The van der Waals surface area contributed by atoms with Gasteiger partial charge in [-0.05, 0) is 49.5 Å². The normalized spacial score (nSPS) is 17.0. The molecule has 1 aliphatic carbocycles. The third kappa shape index (κ3) is 5.12. The van der Waals surface area contributed by atoms with Crippen LogP contribution < -0.4 is 11.2 Å². The van der Waals surface area contributed by atoms with Gasteiger partial charge in [0.05, 0.1) is 17.9 Å². The predicted octanol–water partition coefficient (Wildman–Crippen LogP) is 2.91. The number of allylic oxidation sites excluding steroid dienone is 4. The first-order chi connectivity index (χ1) is 14.8. The van der Waals surface area contributed by atoms with Gasteiger partial charge in [0, 0.05) is 43.5 Å². The largest absolute Gasteiger partial charge is 0.340 e. The van der Waals surface area contributed by atoms with Crippen LogP contribution in [0.1, 0.15) is 36.0 Å². The molecule has 0 atom stereocenters. The minimum Gasteiger partial charge on any atom is -0.340 e. The molecule has 0 unspecified atom stereocenters. The standard InChI is InChI=1S/C23H29N5.H3NO/c1-2-4-18(9-10-24)22-23(20-8-7-17-5-3-6-19(17)15-20)27-21(26-22)16-28-13-11-25-12-14-28;1-2/h2,4,7-10,15,24-25H,3,5-6,11-14,16H2,1H3,(H,26,27);2H,1H2/b4-2-,18-9+,24-10?;. The molecule has 1 saturated heterocycles. The highest BCUT2D eigenvalue weighted by molar-refractivity contribution is 5.90. The number of benzene rings is 1. The summed E-state index contributed by atoms with van der Waals surface area (Å²) in [7, 11) is 0. The van der Waals surface area contributed by atoms with E-state index >= 15 is 0 Å². The maximum atomic E-state index is 7.56. The Morgan fingerprint density at radius 3 is 2.73 bits per heavy atom. The minimum absolute atomic E-state index is 0.827. The molecule has 4 rings (SSSR count). The Morgan fingerprint density at radius 1 is 1.23 bits per heavy atom. The van der Waals surface area contributed by atoms with Crippen molar-refractivity contribution >= 4 is 11.8 Å². The predicted molar refractivity (Wildman–Crippen MR) is 122 cm³/mol. The van der Waals surface area contributed by atoms with Gasteiger partial charge in [0.25, 0.3) is 0 Å². The molecule has 7 nitrogen and oxygen atoms in total. The molecule has 1 aromatic heterocycles.